The van der Waals surface area contributed by atoms with E-state index in [9.17, 15) is 13.2 Å². The molecule has 3 aliphatic rings. The van der Waals surface area contributed by atoms with Crippen molar-refractivity contribution in [3.63, 3.8) is 0 Å². The van der Waals surface area contributed by atoms with Crippen LogP contribution >= 0.6 is 0 Å². The van der Waals surface area contributed by atoms with E-state index in [4.69, 9.17) is 0 Å². The molecule has 1 amide bonds. The van der Waals surface area contributed by atoms with Crippen molar-refractivity contribution in [3.05, 3.63) is 29.3 Å². The Morgan fingerprint density at radius 3 is 2.52 bits per heavy atom. The maximum Gasteiger partial charge on any atom is 0.277 e. The van der Waals surface area contributed by atoms with Crippen molar-refractivity contribution in [2.24, 2.45) is 5.92 Å². The number of rotatable bonds is 4. The number of benzene rings is 1. The Morgan fingerprint density at radius 1 is 1.07 bits per heavy atom. The second kappa shape index (κ2) is 8.74. The lowest BCUT2D eigenvalue weighted by Gasteiger charge is -2.34. The molecule has 0 radical (unpaired) electrons. The van der Waals surface area contributed by atoms with E-state index in [-0.39, 0.29) is 5.91 Å². The highest BCUT2D eigenvalue weighted by Crippen LogP contribution is 2.25. The Morgan fingerprint density at radius 2 is 1.79 bits per heavy atom. The van der Waals surface area contributed by atoms with Crippen LogP contribution in [0.15, 0.2) is 23.1 Å². The minimum Gasteiger partial charge on any atom is -0.338 e. The van der Waals surface area contributed by atoms with E-state index < -0.39 is 10.0 Å². The summed E-state index contributed by atoms with van der Waals surface area (Å²) in [6, 6.07) is 5.67. The number of sulfonamides is 1. The number of quaternary nitrogens is 1. The van der Waals surface area contributed by atoms with Gasteiger partial charge in [-0.15, -0.1) is 0 Å². The molecular weight excluding hydrogens is 386 g/mol. The molecule has 0 saturated carbocycles. The van der Waals surface area contributed by atoms with E-state index in [1.165, 1.54) is 28.9 Å². The summed E-state index contributed by atoms with van der Waals surface area (Å²) in [4.78, 5) is 16.2. The van der Waals surface area contributed by atoms with Crippen molar-refractivity contribution >= 4 is 15.9 Å². The molecule has 4 rings (SSSR count). The number of likely N-dealkylation sites (tertiary alicyclic amines) is 1. The second-order valence-electron chi connectivity index (χ2n) is 9.06. The molecule has 2 aliphatic heterocycles. The van der Waals surface area contributed by atoms with E-state index in [2.05, 4.69) is 6.92 Å². The molecular formula is C22H34N3O3S+. The number of amides is 1. The summed E-state index contributed by atoms with van der Waals surface area (Å²) in [6.45, 7) is 6.78. The first kappa shape index (κ1) is 20.8. The first-order valence-corrected chi connectivity index (χ1v) is 12.6. The van der Waals surface area contributed by atoms with Gasteiger partial charge in [0.25, 0.3) is 5.91 Å². The highest BCUT2D eigenvalue weighted by molar-refractivity contribution is 7.89. The third-order valence-electron chi connectivity index (χ3n) is 6.80. The fraction of sp³-hybridized carbons (Fsp3) is 0.682. The number of carbonyl (C=O) groups excluding carboxylic acids is 1. The van der Waals surface area contributed by atoms with Gasteiger partial charge in [0.2, 0.25) is 10.0 Å². The van der Waals surface area contributed by atoms with E-state index in [1.807, 2.05) is 17.0 Å². The molecule has 0 bridgehead atoms. The van der Waals surface area contributed by atoms with E-state index in [1.54, 1.807) is 10.4 Å². The first-order chi connectivity index (χ1) is 13.9. The Labute approximate surface area is 174 Å². The minimum absolute atomic E-state index is 0.220. The highest BCUT2D eigenvalue weighted by Gasteiger charge is 2.33. The van der Waals surface area contributed by atoms with Crippen molar-refractivity contribution in [2.45, 2.75) is 50.3 Å². The van der Waals surface area contributed by atoms with Gasteiger partial charge in [-0.3, -0.25) is 4.79 Å². The minimum atomic E-state index is -3.45. The predicted octanol–water partition coefficient (Wildman–Crippen LogP) is 0.713. The number of nitrogens with zero attached hydrogens (tertiary/aromatic N) is 2. The van der Waals surface area contributed by atoms with Crippen molar-refractivity contribution in [1.29, 1.82) is 0 Å². The smallest absolute Gasteiger partial charge is 0.277 e. The van der Waals surface area contributed by atoms with E-state index >= 15 is 0 Å². The second-order valence-corrected chi connectivity index (χ2v) is 11.0. The Balaban J connectivity index is 1.34. The average Bonchev–Trinajstić information content (AvgIpc) is 2.74. The van der Waals surface area contributed by atoms with Crippen LogP contribution in [0.4, 0.5) is 0 Å². The predicted molar refractivity (Wildman–Crippen MR) is 112 cm³/mol. The fourth-order valence-corrected chi connectivity index (χ4v) is 6.47. The molecule has 2 heterocycles. The van der Waals surface area contributed by atoms with Crippen molar-refractivity contribution in [2.75, 3.05) is 45.8 Å². The van der Waals surface area contributed by atoms with Crippen LogP contribution in [-0.2, 0) is 27.7 Å². The molecule has 160 valence electrons. The lowest BCUT2D eigenvalue weighted by Crippen LogP contribution is -3.15. The highest BCUT2D eigenvalue weighted by atomic mass is 32.2. The maximum atomic E-state index is 13.1. The topological polar surface area (TPSA) is 62.1 Å². The van der Waals surface area contributed by atoms with Crippen molar-refractivity contribution in [3.8, 4) is 0 Å². The normalized spacial score (nSPS) is 24.3. The van der Waals surface area contributed by atoms with Crippen LogP contribution in [0.1, 0.15) is 43.7 Å². The summed E-state index contributed by atoms with van der Waals surface area (Å²) in [5.41, 5.74) is 2.50. The number of aryl methyl sites for hydroxylation is 2. The van der Waals surface area contributed by atoms with Crippen LogP contribution in [0.3, 0.4) is 0 Å². The maximum absolute atomic E-state index is 13.1. The van der Waals surface area contributed by atoms with Gasteiger partial charge in [0.1, 0.15) is 0 Å². The largest absolute Gasteiger partial charge is 0.338 e. The number of piperidine rings is 1. The summed E-state index contributed by atoms with van der Waals surface area (Å²) in [7, 11) is -3.45. The van der Waals surface area contributed by atoms with Gasteiger partial charge in [-0.1, -0.05) is 13.0 Å². The summed E-state index contributed by atoms with van der Waals surface area (Å²) < 4.78 is 27.9. The number of hydrogen-bond acceptors (Lipinski definition) is 3. The van der Waals surface area contributed by atoms with Gasteiger partial charge in [-0.05, 0) is 67.7 Å². The Kier molecular flexibility index (Phi) is 6.27. The van der Waals surface area contributed by atoms with E-state index in [0.717, 1.165) is 38.8 Å². The van der Waals surface area contributed by atoms with Crippen LogP contribution in [0.5, 0.6) is 0 Å². The molecule has 6 nitrogen and oxygen atoms in total. The summed E-state index contributed by atoms with van der Waals surface area (Å²) >= 11 is 0. The Bertz CT molecular complexity index is 847. The fourth-order valence-electron chi connectivity index (χ4n) is 4.98. The number of nitrogens with one attached hydrogen (secondary N) is 1. The molecule has 0 spiro atoms. The van der Waals surface area contributed by atoms with Crippen LogP contribution < -0.4 is 4.90 Å². The molecule has 2 fully saturated rings. The van der Waals surface area contributed by atoms with Crippen LogP contribution in [0, 0.1) is 5.92 Å². The van der Waals surface area contributed by atoms with Gasteiger partial charge in [0.05, 0.1) is 31.1 Å². The monoisotopic (exact) mass is 420 g/mol. The molecule has 2 saturated heterocycles. The van der Waals surface area contributed by atoms with Gasteiger partial charge in [0, 0.05) is 13.1 Å². The summed E-state index contributed by atoms with van der Waals surface area (Å²) in [5.74, 6) is 0.804. The van der Waals surface area contributed by atoms with Gasteiger partial charge in [0.15, 0.2) is 6.54 Å². The van der Waals surface area contributed by atoms with Crippen LogP contribution in [0.25, 0.3) is 0 Å². The SMILES string of the molecule is C[C@@H]1CCCN(C(=O)C[NH+]2CCN(S(=O)(=O)c3ccc4c(c3)CCCC4)CC2)C1. The molecule has 0 unspecified atom stereocenters. The molecule has 1 aromatic rings. The zero-order chi connectivity index (χ0) is 20.4. The zero-order valence-electron chi connectivity index (χ0n) is 17.5. The van der Waals surface area contributed by atoms with Crippen LogP contribution in [0.2, 0.25) is 0 Å². The lowest BCUT2D eigenvalue weighted by atomic mass is 9.92. The quantitative estimate of drug-likeness (QED) is 0.781. The molecule has 1 N–H and O–H groups in total. The molecule has 29 heavy (non-hydrogen) atoms. The Hall–Kier alpha value is -1.44. The summed E-state index contributed by atoms with van der Waals surface area (Å²) in [6.07, 6.45) is 6.67. The van der Waals surface area contributed by atoms with Crippen molar-refractivity contribution in [1.82, 2.24) is 9.21 Å². The molecule has 1 aliphatic carbocycles. The van der Waals surface area contributed by atoms with Gasteiger partial charge in [-0.25, -0.2) is 8.42 Å². The molecule has 1 aromatic carbocycles. The molecule has 0 aromatic heterocycles. The van der Waals surface area contributed by atoms with Gasteiger partial charge in [-0.2, -0.15) is 4.31 Å². The standard InChI is InChI=1S/C22H33N3O3S/c1-18-5-4-10-24(16-18)22(26)17-23-11-13-25(14-12-23)29(27,28)21-9-8-19-6-2-3-7-20(19)15-21/h8-9,15,18H,2-7,10-14,16-17H2,1H3/p+1/t18-/m1/s1. The average molecular weight is 421 g/mol. The number of hydrogen-bond donors (Lipinski definition) is 1. The third kappa shape index (κ3) is 4.67. The van der Waals surface area contributed by atoms with Crippen LogP contribution in [-0.4, -0.2) is 69.3 Å². The lowest BCUT2D eigenvalue weighted by molar-refractivity contribution is -0.896. The zero-order valence-corrected chi connectivity index (χ0v) is 18.3. The number of carbonyl (C=O) groups is 1. The van der Waals surface area contributed by atoms with Crippen molar-refractivity contribution < 1.29 is 18.1 Å². The molecule has 1 atom stereocenters. The van der Waals surface area contributed by atoms with E-state index in [0.29, 0.717) is 43.5 Å². The first-order valence-electron chi connectivity index (χ1n) is 11.2. The number of fused-ring (bicyclic) bond motifs is 1. The van der Waals surface area contributed by atoms with Gasteiger partial charge >= 0.3 is 0 Å². The van der Waals surface area contributed by atoms with Gasteiger partial charge < -0.3 is 9.80 Å². The summed E-state index contributed by atoms with van der Waals surface area (Å²) in [5, 5.41) is 0. The number of piperazine rings is 1. The molecule has 7 heteroatoms. The third-order valence-corrected chi connectivity index (χ3v) is 8.69.